The van der Waals surface area contributed by atoms with Gasteiger partial charge in [0, 0.05) is 36.2 Å². The SMILES string of the molecule is CCOc1cc2oc(C)c(C)c2cc1/C(C)=C/C(=O)N1CCCC1. The van der Waals surface area contributed by atoms with Gasteiger partial charge in [-0.25, -0.2) is 0 Å². The van der Waals surface area contributed by atoms with Crippen molar-refractivity contribution in [2.75, 3.05) is 19.7 Å². The number of carbonyl (C=O) groups excluding carboxylic acids is 1. The van der Waals surface area contributed by atoms with Gasteiger partial charge in [-0.05, 0) is 57.7 Å². The van der Waals surface area contributed by atoms with Crippen molar-refractivity contribution in [3.05, 3.63) is 35.1 Å². The third-order valence-electron chi connectivity index (χ3n) is 4.76. The molecule has 1 aliphatic heterocycles. The zero-order valence-electron chi connectivity index (χ0n) is 14.9. The van der Waals surface area contributed by atoms with E-state index in [0.29, 0.717) is 6.61 Å². The molecule has 24 heavy (non-hydrogen) atoms. The molecule has 1 saturated heterocycles. The van der Waals surface area contributed by atoms with E-state index in [1.165, 1.54) is 0 Å². The molecule has 0 aliphatic carbocycles. The van der Waals surface area contributed by atoms with Crippen LogP contribution in [0.3, 0.4) is 0 Å². The van der Waals surface area contributed by atoms with Crippen molar-refractivity contribution in [2.24, 2.45) is 0 Å². The minimum Gasteiger partial charge on any atom is -0.493 e. The number of allylic oxidation sites excluding steroid dienone is 1. The van der Waals surface area contributed by atoms with Crippen LogP contribution in [0.2, 0.25) is 0 Å². The summed E-state index contributed by atoms with van der Waals surface area (Å²) in [5.41, 5.74) is 3.85. The number of likely N-dealkylation sites (tertiary alicyclic amines) is 1. The standard InChI is InChI=1S/C20H25NO3/c1-5-23-18-12-19-17(14(3)15(4)24-19)11-16(18)13(2)10-20(22)21-8-6-7-9-21/h10-12H,5-9H2,1-4H3/b13-10+. The first-order valence-electron chi connectivity index (χ1n) is 8.65. The molecule has 0 radical (unpaired) electrons. The molecule has 0 atom stereocenters. The lowest BCUT2D eigenvalue weighted by molar-refractivity contribution is -0.124. The third-order valence-corrected chi connectivity index (χ3v) is 4.76. The Morgan fingerprint density at radius 2 is 2.00 bits per heavy atom. The molecule has 1 aromatic carbocycles. The molecule has 0 bridgehead atoms. The van der Waals surface area contributed by atoms with Gasteiger partial charge in [-0.1, -0.05) is 0 Å². The van der Waals surface area contributed by atoms with Gasteiger partial charge in [-0.2, -0.15) is 0 Å². The third kappa shape index (κ3) is 3.05. The number of hydrogen-bond donors (Lipinski definition) is 0. The highest BCUT2D eigenvalue weighted by Crippen LogP contribution is 2.35. The van der Waals surface area contributed by atoms with Gasteiger partial charge in [0.25, 0.3) is 0 Å². The minimum absolute atomic E-state index is 0.0904. The molecule has 1 fully saturated rings. The maximum Gasteiger partial charge on any atom is 0.246 e. The van der Waals surface area contributed by atoms with Crippen LogP contribution in [-0.4, -0.2) is 30.5 Å². The Labute approximate surface area is 143 Å². The zero-order valence-corrected chi connectivity index (χ0v) is 14.9. The van der Waals surface area contributed by atoms with Crippen LogP contribution in [0.5, 0.6) is 5.75 Å². The summed E-state index contributed by atoms with van der Waals surface area (Å²) in [6.45, 7) is 10.3. The van der Waals surface area contributed by atoms with E-state index < -0.39 is 0 Å². The number of nitrogens with zero attached hydrogens (tertiary/aromatic N) is 1. The van der Waals surface area contributed by atoms with E-state index in [1.807, 2.05) is 31.7 Å². The molecule has 0 N–H and O–H groups in total. The highest BCUT2D eigenvalue weighted by atomic mass is 16.5. The molecule has 4 heteroatoms. The van der Waals surface area contributed by atoms with Crippen LogP contribution in [-0.2, 0) is 4.79 Å². The number of rotatable bonds is 4. The summed E-state index contributed by atoms with van der Waals surface area (Å²) in [6.07, 6.45) is 3.93. The number of aryl methyl sites for hydroxylation is 2. The Hall–Kier alpha value is -2.23. The fraction of sp³-hybridized carbons (Fsp3) is 0.450. The van der Waals surface area contributed by atoms with Crippen LogP contribution < -0.4 is 4.74 Å². The van der Waals surface area contributed by atoms with Crippen LogP contribution in [0.25, 0.3) is 16.5 Å². The van der Waals surface area contributed by atoms with E-state index in [9.17, 15) is 4.79 Å². The van der Waals surface area contributed by atoms with Gasteiger partial charge in [0.15, 0.2) is 0 Å². The Kier molecular flexibility index (Phi) is 4.65. The summed E-state index contributed by atoms with van der Waals surface area (Å²) < 4.78 is 11.6. The van der Waals surface area contributed by atoms with E-state index in [4.69, 9.17) is 9.15 Å². The Morgan fingerprint density at radius 3 is 2.67 bits per heavy atom. The highest BCUT2D eigenvalue weighted by Gasteiger charge is 2.18. The predicted molar refractivity (Wildman–Crippen MR) is 96.3 cm³/mol. The van der Waals surface area contributed by atoms with Gasteiger partial charge >= 0.3 is 0 Å². The molecule has 0 spiro atoms. The highest BCUT2D eigenvalue weighted by molar-refractivity contribution is 5.97. The van der Waals surface area contributed by atoms with Crippen molar-refractivity contribution < 1.29 is 13.9 Å². The molecule has 2 aromatic rings. The van der Waals surface area contributed by atoms with Gasteiger partial charge in [0.1, 0.15) is 17.1 Å². The number of fused-ring (bicyclic) bond motifs is 1. The molecular weight excluding hydrogens is 302 g/mol. The van der Waals surface area contributed by atoms with Gasteiger partial charge in [-0.15, -0.1) is 0 Å². The first-order valence-corrected chi connectivity index (χ1v) is 8.65. The summed E-state index contributed by atoms with van der Waals surface area (Å²) in [5, 5.41) is 1.08. The van der Waals surface area contributed by atoms with Crippen molar-refractivity contribution >= 4 is 22.4 Å². The van der Waals surface area contributed by atoms with Gasteiger partial charge in [-0.3, -0.25) is 4.79 Å². The molecule has 3 rings (SSSR count). The quantitative estimate of drug-likeness (QED) is 0.778. The maximum atomic E-state index is 12.4. The largest absolute Gasteiger partial charge is 0.493 e. The normalized spacial score (nSPS) is 15.3. The number of benzene rings is 1. The second-order valence-electron chi connectivity index (χ2n) is 6.42. The number of carbonyl (C=O) groups is 1. The summed E-state index contributed by atoms with van der Waals surface area (Å²) in [7, 11) is 0. The van der Waals surface area contributed by atoms with Crippen LogP contribution in [0.15, 0.2) is 22.6 Å². The second-order valence-corrected chi connectivity index (χ2v) is 6.42. The van der Waals surface area contributed by atoms with Gasteiger partial charge < -0.3 is 14.1 Å². The Bertz CT molecular complexity index is 795. The average Bonchev–Trinajstić information content (AvgIpc) is 3.17. The zero-order chi connectivity index (χ0) is 17.3. The number of amides is 1. The minimum atomic E-state index is 0.0904. The summed E-state index contributed by atoms with van der Waals surface area (Å²) in [5.74, 6) is 1.77. The summed E-state index contributed by atoms with van der Waals surface area (Å²) in [6, 6.07) is 4.01. The van der Waals surface area contributed by atoms with E-state index in [-0.39, 0.29) is 5.91 Å². The van der Waals surface area contributed by atoms with Crippen LogP contribution in [0.4, 0.5) is 0 Å². The van der Waals surface area contributed by atoms with Crippen molar-refractivity contribution in [1.29, 1.82) is 0 Å². The Morgan fingerprint density at radius 1 is 1.29 bits per heavy atom. The molecule has 0 unspecified atom stereocenters. The predicted octanol–water partition coefficient (Wildman–Crippen LogP) is 4.47. The molecular formula is C20H25NO3. The second kappa shape index (κ2) is 6.71. The van der Waals surface area contributed by atoms with Crippen LogP contribution in [0.1, 0.15) is 43.6 Å². The smallest absolute Gasteiger partial charge is 0.246 e. The number of ether oxygens (including phenoxy) is 1. The Balaban J connectivity index is 2.03. The van der Waals surface area contributed by atoms with E-state index in [2.05, 4.69) is 13.0 Å². The first-order chi connectivity index (χ1) is 11.5. The molecule has 128 valence electrons. The molecule has 1 amide bonds. The van der Waals surface area contributed by atoms with Crippen LogP contribution in [0, 0.1) is 13.8 Å². The van der Waals surface area contributed by atoms with Gasteiger partial charge in [0.05, 0.1) is 6.61 Å². The summed E-state index contributed by atoms with van der Waals surface area (Å²) in [4.78, 5) is 14.3. The van der Waals surface area contributed by atoms with Crippen molar-refractivity contribution in [3.8, 4) is 5.75 Å². The molecule has 2 heterocycles. The van der Waals surface area contributed by atoms with E-state index >= 15 is 0 Å². The van der Waals surface area contributed by atoms with Crippen LogP contribution >= 0.6 is 0 Å². The fourth-order valence-electron chi connectivity index (χ4n) is 3.24. The topological polar surface area (TPSA) is 42.7 Å². The lowest BCUT2D eigenvalue weighted by Gasteiger charge is -2.15. The fourth-order valence-corrected chi connectivity index (χ4v) is 3.24. The lowest BCUT2D eigenvalue weighted by atomic mass is 10.0. The summed E-state index contributed by atoms with van der Waals surface area (Å²) >= 11 is 0. The van der Waals surface area contributed by atoms with E-state index in [1.54, 1.807) is 6.08 Å². The van der Waals surface area contributed by atoms with Gasteiger partial charge in [0.2, 0.25) is 5.91 Å². The molecule has 0 saturated carbocycles. The van der Waals surface area contributed by atoms with Crippen molar-refractivity contribution in [3.63, 3.8) is 0 Å². The monoisotopic (exact) mass is 327 g/mol. The number of hydrogen-bond acceptors (Lipinski definition) is 3. The first kappa shape index (κ1) is 16.6. The average molecular weight is 327 g/mol. The molecule has 1 aliphatic rings. The van der Waals surface area contributed by atoms with Crippen molar-refractivity contribution in [2.45, 2.75) is 40.5 Å². The maximum absolute atomic E-state index is 12.4. The lowest BCUT2D eigenvalue weighted by Crippen LogP contribution is -2.25. The number of furan rings is 1. The molecule has 4 nitrogen and oxygen atoms in total. The van der Waals surface area contributed by atoms with E-state index in [0.717, 1.165) is 65.1 Å². The van der Waals surface area contributed by atoms with Crippen molar-refractivity contribution in [1.82, 2.24) is 4.90 Å². The molecule has 1 aromatic heterocycles.